The van der Waals surface area contributed by atoms with Crippen molar-refractivity contribution in [2.45, 2.75) is 233 Å². The minimum atomic E-state index is -0.971. The first-order chi connectivity index (χ1) is 21.6. The maximum absolute atomic E-state index is 11.2. The van der Waals surface area contributed by atoms with Crippen LogP contribution in [0.1, 0.15) is 233 Å². The van der Waals surface area contributed by atoms with Crippen LogP contribution in [-0.4, -0.2) is 35.7 Å². The molecule has 0 radical (unpaired) electrons. The number of aliphatic carboxylic acids is 1. The molecule has 0 fully saturated rings. The Morgan fingerprint density at radius 1 is 0.341 bits per heavy atom. The molecule has 3 heteroatoms. The van der Waals surface area contributed by atoms with E-state index in [2.05, 4.69) is 20.8 Å². The standard InChI is InChI=1S/C41H83O2P/c1-4-7-10-13-16-19-22-25-28-32-37-44(40-35-31-36-41(42)43,38-33-29-26-23-20-17-14-11-8-5-2)39-34-30-27-24-21-18-15-12-9-6-3/h4-40H2,1-3H3/p+1. The molecule has 0 amide bonds. The Kier molecular flexibility index (Phi) is 35.7. The molecule has 44 heavy (non-hydrogen) atoms. The van der Waals surface area contributed by atoms with Gasteiger partial charge in [-0.3, -0.25) is 4.79 Å². The van der Waals surface area contributed by atoms with Crippen LogP contribution in [0.3, 0.4) is 0 Å². The van der Waals surface area contributed by atoms with Crippen LogP contribution in [0.15, 0.2) is 0 Å². The first-order valence-corrected chi connectivity index (χ1v) is 23.2. The van der Waals surface area contributed by atoms with Crippen LogP contribution >= 0.6 is 7.26 Å². The maximum Gasteiger partial charge on any atom is 0.303 e. The number of carbonyl (C=O) groups is 1. The molecule has 0 aromatic rings. The number of hydrogen-bond acceptors (Lipinski definition) is 1. The van der Waals surface area contributed by atoms with E-state index in [1.54, 1.807) is 0 Å². The van der Waals surface area contributed by atoms with Gasteiger partial charge in [-0.15, -0.1) is 0 Å². The van der Waals surface area contributed by atoms with Crippen LogP contribution in [0.2, 0.25) is 0 Å². The van der Waals surface area contributed by atoms with Crippen LogP contribution in [0, 0.1) is 0 Å². The van der Waals surface area contributed by atoms with Crippen molar-refractivity contribution in [2.24, 2.45) is 0 Å². The zero-order valence-corrected chi connectivity index (χ0v) is 31.9. The van der Waals surface area contributed by atoms with Crippen molar-refractivity contribution in [3.05, 3.63) is 0 Å². The Morgan fingerprint density at radius 3 is 0.773 bits per heavy atom. The lowest BCUT2D eigenvalue weighted by molar-refractivity contribution is -0.137. The van der Waals surface area contributed by atoms with Gasteiger partial charge in [-0.1, -0.05) is 175 Å². The second kappa shape index (κ2) is 35.7. The monoisotopic (exact) mass is 640 g/mol. The zero-order valence-electron chi connectivity index (χ0n) is 31.0. The average molecular weight is 640 g/mol. The van der Waals surface area contributed by atoms with Crippen LogP contribution in [0.25, 0.3) is 0 Å². The van der Waals surface area contributed by atoms with Gasteiger partial charge < -0.3 is 5.11 Å². The smallest absolute Gasteiger partial charge is 0.303 e. The van der Waals surface area contributed by atoms with E-state index in [-0.39, 0.29) is 0 Å². The van der Waals surface area contributed by atoms with Gasteiger partial charge in [0.2, 0.25) is 0 Å². The van der Waals surface area contributed by atoms with Crippen LogP contribution in [0.5, 0.6) is 0 Å². The number of rotatable bonds is 38. The summed E-state index contributed by atoms with van der Waals surface area (Å²) in [5.74, 6) is -0.604. The SMILES string of the molecule is CCCCCCCCCCCC[P+](CCCCCCCCCCCC)(CCCCCCCCCCCC)CCCCC(=O)O. The topological polar surface area (TPSA) is 37.3 Å². The molecule has 0 aliphatic carbocycles. The van der Waals surface area contributed by atoms with Crippen molar-refractivity contribution < 1.29 is 9.90 Å². The fraction of sp³-hybridized carbons (Fsp3) is 0.976. The molecule has 2 nitrogen and oxygen atoms in total. The van der Waals surface area contributed by atoms with E-state index in [1.165, 1.54) is 217 Å². The summed E-state index contributed by atoms with van der Waals surface area (Å²) >= 11 is 0. The Balaban J connectivity index is 4.75. The van der Waals surface area contributed by atoms with Crippen LogP contribution < -0.4 is 0 Å². The predicted octanol–water partition coefficient (Wildman–Crippen LogP) is 15.0. The molecule has 0 bridgehead atoms. The van der Waals surface area contributed by atoms with Gasteiger partial charge in [0.25, 0.3) is 0 Å². The number of carboxylic acid groups (broad SMARTS) is 1. The summed E-state index contributed by atoms with van der Waals surface area (Å²) in [5.41, 5.74) is 0. The predicted molar refractivity (Wildman–Crippen MR) is 203 cm³/mol. The zero-order chi connectivity index (χ0) is 32.2. The average Bonchev–Trinajstić information content (AvgIpc) is 3.02. The van der Waals surface area contributed by atoms with E-state index in [1.807, 2.05) is 0 Å². The molecule has 1 N–H and O–H groups in total. The van der Waals surface area contributed by atoms with Gasteiger partial charge in [-0.2, -0.15) is 0 Å². The van der Waals surface area contributed by atoms with Crippen molar-refractivity contribution in [1.29, 1.82) is 0 Å². The highest BCUT2D eigenvalue weighted by molar-refractivity contribution is 7.75. The van der Waals surface area contributed by atoms with Gasteiger partial charge >= 0.3 is 5.97 Å². The van der Waals surface area contributed by atoms with Crippen molar-refractivity contribution in [2.75, 3.05) is 24.6 Å². The van der Waals surface area contributed by atoms with E-state index in [9.17, 15) is 9.90 Å². The fourth-order valence-electron chi connectivity index (χ4n) is 7.20. The highest BCUT2D eigenvalue weighted by Crippen LogP contribution is 2.61. The molecular weight excluding hydrogens is 555 g/mol. The molecule has 0 aliphatic heterocycles. The maximum atomic E-state index is 11.2. The molecule has 0 saturated carbocycles. The Labute approximate surface area is 279 Å². The lowest BCUT2D eigenvalue weighted by Crippen LogP contribution is -2.13. The Bertz CT molecular complexity index is 503. The highest BCUT2D eigenvalue weighted by Gasteiger charge is 2.35. The largest absolute Gasteiger partial charge is 0.481 e. The summed E-state index contributed by atoms with van der Waals surface area (Å²) in [5, 5.41) is 9.27. The van der Waals surface area contributed by atoms with Crippen LogP contribution in [-0.2, 0) is 4.79 Å². The first-order valence-electron chi connectivity index (χ1n) is 20.7. The molecule has 0 aliphatic rings. The van der Waals surface area contributed by atoms with E-state index >= 15 is 0 Å². The fourth-order valence-corrected chi connectivity index (χ4v) is 12.1. The minimum absolute atomic E-state index is 0.370. The van der Waals surface area contributed by atoms with Crippen molar-refractivity contribution >= 4 is 13.2 Å². The summed E-state index contributed by atoms with van der Waals surface area (Å²) in [6.07, 6.45) is 51.1. The van der Waals surface area contributed by atoms with Gasteiger partial charge in [-0.25, -0.2) is 0 Å². The molecule has 0 heterocycles. The molecule has 0 unspecified atom stereocenters. The third-order valence-electron chi connectivity index (χ3n) is 10.2. The normalized spacial score (nSPS) is 11.9. The van der Waals surface area contributed by atoms with E-state index < -0.39 is 13.2 Å². The number of unbranched alkanes of at least 4 members (excludes halogenated alkanes) is 28. The second-order valence-electron chi connectivity index (χ2n) is 14.6. The third-order valence-corrected chi connectivity index (χ3v) is 15.3. The summed E-state index contributed by atoms with van der Waals surface area (Å²) in [6.45, 7) is 6.92. The van der Waals surface area contributed by atoms with Crippen molar-refractivity contribution in [3.63, 3.8) is 0 Å². The number of carboxylic acids is 1. The molecule has 0 aromatic heterocycles. The van der Waals surface area contributed by atoms with Crippen LogP contribution in [0.4, 0.5) is 0 Å². The summed E-state index contributed by atoms with van der Waals surface area (Å²) < 4.78 is 0. The highest BCUT2D eigenvalue weighted by atomic mass is 31.2. The van der Waals surface area contributed by atoms with E-state index in [0.717, 1.165) is 12.8 Å². The molecule has 0 aromatic carbocycles. The third kappa shape index (κ3) is 31.9. The lowest BCUT2D eigenvalue weighted by atomic mass is 10.1. The Morgan fingerprint density at radius 2 is 0.545 bits per heavy atom. The lowest BCUT2D eigenvalue weighted by Gasteiger charge is -2.28. The van der Waals surface area contributed by atoms with Gasteiger partial charge in [-0.05, 0) is 51.4 Å². The van der Waals surface area contributed by atoms with E-state index in [4.69, 9.17) is 0 Å². The Hall–Kier alpha value is -0.100. The molecule has 0 spiro atoms. The van der Waals surface area contributed by atoms with Crippen molar-refractivity contribution in [1.82, 2.24) is 0 Å². The molecule has 264 valence electrons. The van der Waals surface area contributed by atoms with Gasteiger partial charge in [0.05, 0.1) is 24.6 Å². The first kappa shape index (κ1) is 43.9. The molecular formula is C41H84O2P+. The van der Waals surface area contributed by atoms with E-state index in [0.29, 0.717) is 6.42 Å². The second-order valence-corrected chi connectivity index (χ2v) is 19.1. The minimum Gasteiger partial charge on any atom is -0.481 e. The number of hydrogen-bond donors (Lipinski definition) is 1. The van der Waals surface area contributed by atoms with Gasteiger partial charge in [0.15, 0.2) is 0 Å². The van der Waals surface area contributed by atoms with Gasteiger partial charge in [0, 0.05) is 13.7 Å². The van der Waals surface area contributed by atoms with Crippen molar-refractivity contribution in [3.8, 4) is 0 Å². The quantitative estimate of drug-likeness (QED) is 0.0539. The summed E-state index contributed by atoms with van der Waals surface area (Å²) in [7, 11) is -0.971. The van der Waals surface area contributed by atoms with Gasteiger partial charge in [0.1, 0.15) is 0 Å². The molecule has 0 rings (SSSR count). The molecule has 0 atom stereocenters. The molecule has 0 saturated heterocycles. The summed E-state index contributed by atoms with van der Waals surface area (Å²) in [4.78, 5) is 11.2. The summed E-state index contributed by atoms with van der Waals surface area (Å²) in [6, 6.07) is 0.